The Morgan fingerprint density at radius 3 is 2.87 bits per heavy atom. The van der Waals surface area contributed by atoms with Crippen molar-refractivity contribution in [3.05, 3.63) is 66.2 Å². The zero-order valence-electron chi connectivity index (χ0n) is 12.7. The van der Waals surface area contributed by atoms with Crippen molar-refractivity contribution >= 4 is 11.0 Å². The van der Waals surface area contributed by atoms with Crippen molar-refractivity contribution in [3.8, 4) is 16.8 Å². The average molecular weight is 304 g/mol. The van der Waals surface area contributed by atoms with Crippen LogP contribution in [-0.4, -0.2) is 24.9 Å². The van der Waals surface area contributed by atoms with Gasteiger partial charge in [0, 0.05) is 18.0 Å². The zero-order valence-corrected chi connectivity index (χ0v) is 12.7. The lowest BCUT2D eigenvalue weighted by Crippen LogP contribution is -1.98. The second kappa shape index (κ2) is 5.37. The molecule has 2 heterocycles. The molecule has 5 nitrogen and oxygen atoms in total. The van der Waals surface area contributed by atoms with E-state index in [1.54, 1.807) is 6.20 Å². The van der Waals surface area contributed by atoms with Gasteiger partial charge < -0.3 is 10.1 Å². The Hall–Kier alpha value is -2.92. The van der Waals surface area contributed by atoms with Crippen molar-refractivity contribution in [2.75, 3.05) is 0 Å². The molecule has 0 aliphatic heterocycles. The molecule has 0 unspecified atom stereocenters. The number of benzene rings is 2. The van der Waals surface area contributed by atoms with E-state index in [1.807, 2.05) is 29.1 Å². The summed E-state index contributed by atoms with van der Waals surface area (Å²) in [5, 5.41) is 13.6. The van der Waals surface area contributed by atoms with Crippen LogP contribution in [-0.2, 0) is 6.61 Å². The molecular weight excluding hydrogens is 288 g/mol. The molecule has 2 aromatic carbocycles. The summed E-state index contributed by atoms with van der Waals surface area (Å²) in [5.74, 6) is 0.577. The number of rotatable bonds is 3. The SMILES string of the molecule is Cc1ccc(-c2ccc3nc(CO)[nH]c3c2)c(-n2cccn2)c1. The van der Waals surface area contributed by atoms with Gasteiger partial charge >= 0.3 is 0 Å². The number of nitrogens with one attached hydrogen (secondary N) is 1. The third-order valence-corrected chi connectivity index (χ3v) is 3.90. The number of fused-ring (bicyclic) bond motifs is 1. The zero-order chi connectivity index (χ0) is 15.8. The van der Waals surface area contributed by atoms with Crippen molar-refractivity contribution < 1.29 is 5.11 Å². The first-order chi connectivity index (χ1) is 11.2. The number of aryl methyl sites for hydroxylation is 1. The third-order valence-electron chi connectivity index (χ3n) is 3.90. The number of aliphatic hydroxyl groups is 1. The van der Waals surface area contributed by atoms with E-state index in [-0.39, 0.29) is 6.61 Å². The van der Waals surface area contributed by atoms with Gasteiger partial charge in [0.2, 0.25) is 0 Å². The molecule has 0 spiro atoms. The molecule has 4 rings (SSSR count). The lowest BCUT2D eigenvalue weighted by atomic mass is 10.0. The fourth-order valence-corrected chi connectivity index (χ4v) is 2.79. The van der Waals surface area contributed by atoms with Gasteiger partial charge in [-0.3, -0.25) is 0 Å². The van der Waals surface area contributed by atoms with Crippen molar-refractivity contribution in [2.45, 2.75) is 13.5 Å². The second-order valence-corrected chi connectivity index (χ2v) is 5.54. The Labute approximate surface area is 133 Å². The number of H-pyrrole nitrogens is 1. The van der Waals surface area contributed by atoms with Gasteiger partial charge in [-0.25, -0.2) is 9.67 Å². The largest absolute Gasteiger partial charge is 0.388 e. The summed E-state index contributed by atoms with van der Waals surface area (Å²) in [6, 6.07) is 14.3. The molecule has 0 amide bonds. The molecule has 0 saturated carbocycles. The first kappa shape index (κ1) is 13.7. The molecule has 4 aromatic rings. The molecule has 0 saturated heterocycles. The molecule has 0 fully saturated rings. The van der Waals surface area contributed by atoms with Gasteiger partial charge in [0.15, 0.2) is 0 Å². The van der Waals surface area contributed by atoms with Crippen LogP contribution >= 0.6 is 0 Å². The number of hydrogen-bond acceptors (Lipinski definition) is 3. The smallest absolute Gasteiger partial charge is 0.133 e. The van der Waals surface area contributed by atoms with Crippen LogP contribution in [0.2, 0.25) is 0 Å². The summed E-state index contributed by atoms with van der Waals surface area (Å²) in [6.45, 7) is 1.98. The maximum atomic E-state index is 9.22. The predicted molar refractivity (Wildman–Crippen MR) is 89.3 cm³/mol. The van der Waals surface area contributed by atoms with E-state index in [9.17, 15) is 5.11 Å². The van der Waals surface area contributed by atoms with Crippen molar-refractivity contribution in [1.82, 2.24) is 19.7 Å². The van der Waals surface area contributed by atoms with E-state index >= 15 is 0 Å². The van der Waals surface area contributed by atoms with E-state index in [0.29, 0.717) is 5.82 Å². The lowest BCUT2D eigenvalue weighted by molar-refractivity contribution is 0.273. The Morgan fingerprint density at radius 2 is 2.09 bits per heavy atom. The number of aromatic amines is 1. The van der Waals surface area contributed by atoms with E-state index in [1.165, 1.54) is 5.56 Å². The van der Waals surface area contributed by atoms with Gasteiger partial charge in [0.25, 0.3) is 0 Å². The Balaban J connectivity index is 1.90. The number of aliphatic hydroxyl groups excluding tert-OH is 1. The van der Waals surface area contributed by atoms with Crippen LogP contribution in [0.25, 0.3) is 27.8 Å². The van der Waals surface area contributed by atoms with Gasteiger partial charge in [0.1, 0.15) is 12.4 Å². The lowest BCUT2D eigenvalue weighted by Gasteiger charge is -2.11. The minimum Gasteiger partial charge on any atom is -0.388 e. The molecule has 0 radical (unpaired) electrons. The van der Waals surface area contributed by atoms with Crippen LogP contribution in [0.3, 0.4) is 0 Å². The Kier molecular flexibility index (Phi) is 3.20. The Bertz CT molecular complexity index is 970. The molecule has 0 aliphatic carbocycles. The normalized spacial score (nSPS) is 11.2. The van der Waals surface area contributed by atoms with Crippen molar-refractivity contribution in [2.24, 2.45) is 0 Å². The molecule has 2 aromatic heterocycles. The fraction of sp³-hybridized carbons (Fsp3) is 0.111. The van der Waals surface area contributed by atoms with Crippen LogP contribution in [0, 0.1) is 6.92 Å². The molecule has 0 bridgehead atoms. The first-order valence-corrected chi connectivity index (χ1v) is 7.45. The number of hydrogen-bond donors (Lipinski definition) is 2. The molecule has 5 heteroatoms. The highest BCUT2D eigenvalue weighted by molar-refractivity contribution is 5.84. The summed E-state index contributed by atoms with van der Waals surface area (Å²) < 4.78 is 1.87. The number of imidazole rings is 1. The van der Waals surface area contributed by atoms with Crippen LogP contribution in [0.15, 0.2) is 54.9 Å². The predicted octanol–water partition coefficient (Wildman–Crippen LogP) is 3.22. The first-order valence-electron chi connectivity index (χ1n) is 7.45. The van der Waals surface area contributed by atoms with Crippen LogP contribution in [0.4, 0.5) is 0 Å². The number of aromatic nitrogens is 4. The molecule has 23 heavy (non-hydrogen) atoms. The maximum Gasteiger partial charge on any atom is 0.133 e. The minimum atomic E-state index is -0.0902. The van der Waals surface area contributed by atoms with E-state index in [0.717, 1.165) is 27.8 Å². The quantitative estimate of drug-likeness (QED) is 0.611. The Morgan fingerprint density at radius 1 is 1.17 bits per heavy atom. The van der Waals surface area contributed by atoms with Crippen molar-refractivity contribution in [1.29, 1.82) is 0 Å². The second-order valence-electron chi connectivity index (χ2n) is 5.54. The van der Waals surface area contributed by atoms with Crippen molar-refractivity contribution in [3.63, 3.8) is 0 Å². The fourth-order valence-electron chi connectivity index (χ4n) is 2.79. The van der Waals surface area contributed by atoms with Gasteiger partial charge in [-0.2, -0.15) is 5.10 Å². The summed E-state index contributed by atoms with van der Waals surface area (Å²) in [7, 11) is 0. The van der Waals surface area contributed by atoms with Crippen LogP contribution < -0.4 is 0 Å². The molecule has 2 N–H and O–H groups in total. The molecule has 0 atom stereocenters. The van der Waals surface area contributed by atoms with Gasteiger partial charge in [-0.05, 0) is 42.3 Å². The average Bonchev–Trinajstić information content (AvgIpc) is 3.23. The highest BCUT2D eigenvalue weighted by atomic mass is 16.3. The standard InChI is InChI=1S/C18H16N4O/c1-12-3-5-14(17(9-12)22-8-2-7-19-22)13-4-6-15-16(10-13)21-18(11-23)20-15/h2-10,23H,11H2,1H3,(H,20,21). The molecule has 0 aliphatic rings. The minimum absolute atomic E-state index is 0.0902. The summed E-state index contributed by atoms with van der Waals surface area (Å²) >= 11 is 0. The maximum absolute atomic E-state index is 9.22. The van der Waals surface area contributed by atoms with Crippen LogP contribution in [0.1, 0.15) is 11.4 Å². The van der Waals surface area contributed by atoms with Gasteiger partial charge in [-0.1, -0.05) is 18.2 Å². The van der Waals surface area contributed by atoms with Crippen LogP contribution in [0.5, 0.6) is 0 Å². The van der Waals surface area contributed by atoms with Gasteiger partial charge in [-0.15, -0.1) is 0 Å². The van der Waals surface area contributed by atoms with E-state index < -0.39 is 0 Å². The van der Waals surface area contributed by atoms with Gasteiger partial charge in [0.05, 0.1) is 16.7 Å². The highest BCUT2D eigenvalue weighted by Gasteiger charge is 2.10. The summed E-state index contributed by atoms with van der Waals surface area (Å²) in [4.78, 5) is 7.47. The summed E-state index contributed by atoms with van der Waals surface area (Å²) in [6.07, 6.45) is 3.72. The third kappa shape index (κ3) is 2.41. The topological polar surface area (TPSA) is 66.7 Å². The summed E-state index contributed by atoms with van der Waals surface area (Å²) in [5.41, 5.74) is 6.17. The highest BCUT2D eigenvalue weighted by Crippen LogP contribution is 2.29. The number of nitrogens with zero attached hydrogens (tertiary/aromatic N) is 3. The monoisotopic (exact) mass is 304 g/mol. The molecule has 114 valence electrons. The van der Waals surface area contributed by atoms with E-state index in [4.69, 9.17) is 0 Å². The van der Waals surface area contributed by atoms with E-state index in [2.05, 4.69) is 46.3 Å². The molecular formula is C18H16N4O.